The van der Waals surface area contributed by atoms with Gasteiger partial charge in [0.2, 0.25) is 0 Å². The summed E-state index contributed by atoms with van der Waals surface area (Å²) in [7, 11) is 0. The molecule has 0 unspecified atom stereocenters. The van der Waals surface area contributed by atoms with Crippen LogP contribution in [-0.2, 0) is 14.3 Å². The maximum absolute atomic E-state index is 12.4. The Kier molecular flexibility index (Phi) is 4.16. The molecule has 4 heteroatoms. The highest BCUT2D eigenvalue weighted by Crippen LogP contribution is 2.43. The molecular weight excluding hydrogens is 244 g/mol. The van der Waals surface area contributed by atoms with Gasteiger partial charge in [-0.2, -0.15) is 0 Å². The second kappa shape index (κ2) is 5.51. The second-order valence-electron chi connectivity index (χ2n) is 6.08. The molecule has 0 saturated heterocycles. The van der Waals surface area contributed by atoms with Gasteiger partial charge in [-0.3, -0.25) is 9.59 Å². The molecule has 19 heavy (non-hydrogen) atoms. The molecule has 2 fully saturated rings. The molecule has 0 amide bonds. The van der Waals surface area contributed by atoms with Crippen molar-refractivity contribution in [3.8, 4) is 0 Å². The summed E-state index contributed by atoms with van der Waals surface area (Å²) < 4.78 is 5.76. The van der Waals surface area contributed by atoms with Crippen LogP contribution in [0.5, 0.6) is 0 Å². The highest BCUT2D eigenvalue weighted by molar-refractivity contribution is 5.99. The molecule has 0 aliphatic heterocycles. The molecule has 0 aromatic carbocycles. The first-order valence-electron chi connectivity index (χ1n) is 7.51. The Bertz CT molecular complexity index is 349. The van der Waals surface area contributed by atoms with Crippen molar-refractivity contribution in [3.05, 3.63) is 0 Å². The Morgan fingerprint density at radius 3 is 2.00 bits per heavy atom. The van der Waals surface area contributed by atoms with Gasteiger partial charge in [0.1, 0.15) is 5.60 Å². The van der Waals surface area contributed by atoms with Crippen LogP contribution in [0.4, 0.5) is 0 Å². The minimum atomic E-state index is -1.26. The van der Waals surface area contributed by atoms with Gasteiger partial charge in [0.15, 0.2) is 5.41 Å². The van der Waals surface area contributed by atoms with E-state index in [0.29, 0.717) is 12.8 Å². The largest absolute Gasteiger partial charge is 0.480 e. The van der Waals surface area contributed by atoms with E-state index in [4.69, 9.17) is 4.74 Å². The zero-order valence-corrected chi connectivity index (χ0v) is 11.7. The molecule has 108 valence electrons. The van der Waals surface area contributed by atoms with Crippen LogP contribution in [-0.4, -0.2) is 22.6 Å². The maximum Gasteiger partial charge on any atom is 0.324 e. The fourth-order valence-electron chi connectivity index (χ4n) is 3.50. The molecule has 1 N–H and O–H groups in total. The molecule has 2 aliphatic carbocycles. The molecule has 0 aromatic rings. The van der Waals surface area contributed by atoms with Crippen LogP contribution in [0, 0.1) is 5.41 Å². The summed E-state index contributed by atoms with van der Waals surface area (Å²) in [5.41, 5.74) is -1.67. The summed E-state index contributed by atoms with van der Waals surface area (Å²) in [6.45, 7) is 2.03. The molecule has 4 nitrogen and oxygen atoms in total. The number of carboxylic acid groups (broad SMARTS) is 1. The third kappa shape index (κ3) is 2.63. The van der Waals surface area contributed by atoms with Crippen molar-refractivity contribution in [3.63, 3.8) is 0 Å². The first-order valence-corrected chi connectivity index (χ1v) is 7.51. The van der Waals surface area contributed by atoms with E-state index in [2.05, 4.69) is 0 Å². The Labute approximate surface area is 114 Å². The summed E-state index contributed by atoms with van der Waals surface area (Å²) in [6.07, 6.45) is 8.35. The van der Waals surface area contributed by atoms with Crippen molar-refractivity contribution in [2.75, 3.05) is 0 Å². The molecule has 0 bridgehead atoms. The van der Waals surface area contributed by atoms with Crippen LogP contribution in [0.25, 0.3) is 0 Å². The number of aliphatic carboxylic acids is 1. The van der Waals surface area contributed by atoms with Crippen LogP contribution in [0.15, 0.2) is 0 Å². The molecule has 0 spiro atoms. The fourth-order valence-corrected chi connectivity index (χ4v) is 3.50. The van der Waals surface area contributed by atoms with E-state index in [1.807, 2.05) is 6.92 Å². The Morgan fingerprint density at radius 2 is 1.53 bits per heavy atom. The minimum Gasteiger partial charge on any atom is -0.480 e. The lowest BCUT2D eigenvalue weighted by Gasteiger charge is -2.38. The summed E-state index contributed by atoms with van der Waals surface area (Å²) in [5.74, 6) is -1.49. The predicted molar refractivity (Wildman–Crippen MR) is 70.7 cm³/mol. The van der Waals surface area contributed by atoms with Gasteiger partial charge in [-0.15, -0.1) is 0 Å². The lowest BCUT2D eigenvalue weighted by atomic mass is 9.81. The molecule has 0 radical (unpaired) electrons. The van der Waals surface area contributed by atoms with E-state index in [9.17, 15) is 14.7 Å². The van der Waals surface area contributed by atoms with Crippen molar-refractivity contribution in [2.24, 2.45) is 5.41 Å². The maximum atomic E-state index is 12.4. The minimum absolute atomic E-state index is 0.402. The van der Waals surface area contributed by atoms with Crippen molar-refractivity contribution < 1.29 is 19.4 Å². The molecule has 2 aliphatic rings. The van der Waals surface area contributed by atoms with E-state index in [0.717, 1.165) is 44.9 Å². The van der Waals surface area contributed by atoms with E-state index in [-0.39, 0.29) is 0 Å². The molecular formula is C15H24O4. The smallest absolute Gasteiger partial charge is 0.324 e. The predicted octanol–water partition coefficient (Wildman–Crippen LogP) is 3.29. The van der Waals surface area contributed by atoms with Crippen LogP contribution in [0.1, 0.15) is 71.1 Å². The van der Waals surface area contributed by atoms with Crippen LogP contribution >= 0.6 is 0 Å². The highest BCUT2D eigenvalue weighted by atomic mass is 16.6. The molecule has 0 aromatic heterocycles. The highest BCUT2D eigenvalue weighted by Gasteiger charge is 2.52. The van der Waals surface area contributed by atoms with Gasteiger partial charge in [-0.25, -0.2) is 0 Å². The molecule has 2 rings (SSSR count). The standard InChI is InChI=1S/C15H24O4/c1-2-14(8-4-3-5-9-14)19-13(18)15(12(16)17)10-6-7-11-15/h2-11H2,1H3,(H,16,17). The SMILES string of the molecule is CCC1(OC(=O)C2(C(=O)O)CCCC2)CCCCC1. The number of rotatable bonds is 4. The monoisotopic (exact) mass is 268 g/mol. The van der Waals surface area contributed by atoms with Crippen molar-refractivity contribution in [2.45, 2.75) is 76.7 Å². The zero-order chi connectivity index (χ0) is 13.9. The van der Waals surface area contributed by atoms with Gasteiger partial charge >= 0.3 is 11.9 Å². The summed E-state index contributed by atoms with van der Waals surface area (Å²) in [4.78, 5) is 23.9. The number of hydrogen-bond acceptors (Lipinski definition) is 3. The molecule has 2 saturated carbocycles. The van der Waals surface area contributed by atoms with E-state index < -0.39 is 23.0 Å². The average Bonchev–Trinajstić information content (AvgIpc) is 2.90. The average molecular weight is 268 g/mol. The zero-order valence-electron chi connectivity index (χ0n) is 11.7. The normalized spacial score (nSPS) is 24.9. The van der Waals surface area contributed by atoms with Crippen molar-refractivity contribution in [1.82, 2.24) is 0 Å². The van der Waals surface area contributed by atoms with Gasteiger partial charge < -0.3 is 9.84 Å². The number of carbonyl (C=O) groups excluding carboxylic acids is 1. The molecule has 0 heterocycles. The third-order valence-electron chi connectivity index (χ3n) is 4.98. The van der Waals surface area contributed by atoms with E-state index in [1.165, 1.54) is 6.42 Å². The quantitative estimate of drug-likeness (QED) is 0.627. The fraction of sp³-hybridized carbons (Fsp3) is 0.867. The lowest BCUT2D eigenvalue weighted by molar-refractivity contribution is -0.183. The molecule has 0 atom stereocenters. The topological polar surface area (TPSA) is 63.6 Å². The Hall–Kier alpha value is -1.06. The van der Waals surface area contributed by atoms with E-state index in [1.54, 1.807) is 0 Å². The van der Waals surface area contributed by atoms with Crippen LogP contribution in [0.3, 0.4) is 0 Å². The number of hydrogen-bond donors (Lipinski definition) is 1. The number of carboxylic acids is 1. The van der Waals surface area contributed by atoms with Gasteiger partial charge in [0.25, 0.3) is 0 Å². The number of ether oxygens (including phenoxy) is 1. The van der Waals surface area contributed by atoms with Gasteiger partial charge in [0, 0.05) is 0 Å². The summed E-state index contributed by atoms with van der Waals surface area (Å²) in [5, 5.41) is 9.42. The summed E-state index contributed by atoms with van der Waals surface area (Å²) >= 11 is 0. The lowest BCUT2D eigenvalue weighted by Crippen LogP contribution is -2.45. The van der Waals surface area contributed by atoms with Crippen LogP contribution in [0.2, 0.25) is 0 Å². The van der Waals surface area contributed by atoms with Gasteiger partial charge in [0.05, 0.1) is 0 Å². The number of esters is 1. The second-order valence-corrected chi connectivity index (χ2v) is 6.08. The van der Waals surface area contributed by atoms with Gasteiger partial charge in [-0.1, -0.05) is 26.2 Å². The van der Waals surface area contributed by atoms with E-state index >= 15 is 0 Å². The third-order valence-corrected chi connectivity index (χ3v) is 4.98. The first kappa shape index (κ1) is 14.4. The Balaban J connectivity index is 2.12. The number of carbonyl (C=O) groups is 2. The van der Waals surface area contributed by atoms with Crippen LogP contribution < -0.4 is 0 Å². The van der Waals surface area contributed by atoms with Gasteiger partial charge in [-0.05, 0) is 44.9 Å². The van der Waals surface area contributed by atoms with Crippen molar-refractivity contribution in [1.29, 1.82) is 0 Å². The summed E-state index contributed by atoms with van der Waals surface area (Å²) in [6, 6.07) is 0. The first-order chi connectivity index (χ1) is 9.05. The van der Waals surface area contributed by atoms with Crippen molar-refractivity contribution >= 4 is 11.9 Å². The Morgan fingerprint density at radius 1 is 1.00 bits per heavy atom.